The molecule has 118 valence electrons. The average Bonchev–Trinajstić information content (AvgIpc) is 2.85. The van der Waals surface area contributed by atoms with Gasteiger partial charge in [-0.05, 0) is 25.0 Å². The van der Waals surface area contributed by atoms with Gasteiger partial charge in [0, 0.05) is 30.1 Å². The summed E-state index contributed by atoms with van der Waals surface area (Å²) in [5.41, 5.74) is -0.283. The number of thiazole rings is 1. The Kier molecular flexibility index (Phi) is 4.81. The Morgan fingerprint density at radius 2 is 2.05 bits per heavy atom. The highest BCUT2D eigenvalue weighted by atomic mass is 32.1. The fraction of sp³-hybridized carbons (Fsp3) is 0.438. The zero-order valence-electron chi connectivity index (χ0n) is 12.1. The van der Waals surface area contributed by atoms with Crippen molar-refractivity contribution in [1.29, 1.82) is 0 Å². The Labute approximate surface area is 132 Å². The van der Waals surface area contributed by atoms with Gasteiger partial charge in [0.25, 0.3) is 0 Å². The molecule has 1 unspecified atom stereocenters. The summed E-state index contributed by atoms with van der Waals surface area (Å²) < 4.78 is 27.1. The summed E-state index contributed by atoms with van der Waals surface area (Å²) in [5.74, 6) is -0.837. The molecular formula is C16H18F2N2OS. The molecule has 3 nitrogen and oxygen atoms in total. The monoisotopic (exact) mass is 324 g/mol. The molecule has 1 saturated carbocycles. The first kappa shape index (κ1) is 15.5. The number of benzene rings is 1. The number of aliphatic hydroxyl groups excluding tert-OH is 1. The lowest BCUT2D eigenvalue weighted by atomic mass is 9.86. The molecule has 1 atom stereocenters. The van der Waals surface area contributed by atoms with Crippen molar-refractivity contribution in [3.63, 3.8) is 0 Å². The second kappa shape index (κ2) is 6.81. The Bertz CT molecular complexity index is 623. The molecular weight excluding hydrogens is 306 g/mol. The molecule has 1 aromatic heterocycles. The minimum absolute atomic E-state index is 0.0918. The fourth-order valence-corrected chi connectivity index (χ4v) is 3.57. The molecule has 1 fully saturated rings. The molecule has 2 N–H and O–H groups in total. The van der Waals surface area contributed by atoms with Crippen molar-refractivity contribution in [3.8, 4) is 0 Å². The summed E-state index contributed by atoms with van der Waals surface area (Å²) in [6.45, 7) is 0.631. The number of hydrogen-bond donors (Lipinski definition) is 2. The number of nitrogens with zero attached hydrogens (tertiary/aromatic N) is 1. The van der Waals surface area contributed by atoms with Crippen molar-refractivity contribution in [1.82, 2.24) is 10.3 Å². The molecule has 6 heteroatoms. The first-order chi connectivity index (χ1) is 10.6. The number of nitrogens with one attached hydrogen (secondary N) is 1. The quantitative estimate of drug-likeness (QED) is 0.855. The maximum absolute atomic E-state index is 13.6. The Morgan fingerprint density at radius 1 is 1.32 bits per heavy atom. The van der Waals surface area contributed by atoms with E-state index in [0.29, 0.717) is 12.5 Å². The molecule has 1 aliphatic carbocycles. The minimum atomic E-state index is -1.21. The van der Waals surface area contributed by atoms with E-state index < -0.39 is 17.7 Å². The van der Waals surface area contributed by atoms with Gasteiger partial charge < -0.3 is 10.4 Å². The molecule has 0 spiro atoms. The molecule has 22 heavy (non-hydrogen) atoms. The lowest BCUT2D eigenvalue weighted by molar-refractivity contribution is 0.165. The molecule has 1 aliphatic rings. The lowest BCUT2D eigenvalue weighted by Crippen LogP contribution is -2.22. The van der Waals surface area contributed by atoms with Crippen LogP contribution >= 0.6 is 11.3 Å². The molecule has 3 rings (SSSR count). The first-order valence-corrected chi connectivity index (χ1v) is 8.24. The molecule has 2 aromatic rings. The lowest BCUT2D eigenvalue weighted by Gasteiger charge is -2.22. The van der Waals surface area contributed by atoms with E-state index in [0.717, 1.165) is 17.0 Å². The van der Waals surface area contributed by atoms with Crippen LogP contribution in [0.1, 0.15) is 46.7 Å². The third-order valence-corrected chi connectivity index (χ3v) is 5.16. The van der Waals surface area contributed by atoms with Crippen molar-refractivity contribution in [2.45, 2.75) is 37.8 Å². The van der Waals surface area contributed by atoms with Crippen molar-refractivity contribution in [2.75, 3.05) is 6.54 Å². The van der Waals surface area contributed by atoms with Crippen LogP contribution in [-0.2, 0) is 6.54 Å². The van der Waals surface area contributed by atoms with E-state index in [1.807, 2.05) is 6.20 Å². The highest BCUT2D eigenvalue weighted by Gasteiger charge is 2.22. The highest BCUT2D eigenvalue weighted by molar-refractivity contribution is 7.11. The molecule has 0 saturated heterocycles. The van der Waals surface area contributed by atoms with Gasteiger partial charge in [0.2, 0.25) is 0 Å². The van der Waals surface area contributed by atoms with E-state index >= 15 is 0 Å². The van der Waals surface area contributed by atoms with Gasteiger partial charge >= 0.3 is 0 Å². The number of aliphatic hydroxyl groups is 1. The smallest absolute Gasteiger partial charge is 0.131 e. The zero-order valence-corrected chi connectivity index (χ0v) is 12.9. The fourth-order valence-electron chi connectivity index (χ4n) is 2.51. The van der Waals surface area contributed by atoms with E-state index in [2.05, 4.69) is 10.3 Å². The van der Waals surface area contributed by atoms with E-state index in [1.165, 1.54) is 30.3 Å². The maximum atomic E-state index is 13.6. The second-order valence-electron chi connectivity index (χ2n) is 5.57. The van der Waals surface area contributed by atoms with Gasteiger partial charge in [-0.3, -0.25) is 0 Å². The van der Waals surface area contributed by atoms with Gasteiger partial charge in [-0.1, -0.05) is 12.5 Å². The number of aromatic nitrogens is 1. The molecule has 0 bridgehead atoms. The summed E-state index contributed by atoms with van der Waals surface area (Å²) in [7, 11) is 0. The number of halogens is 2. The van der Waals surface area contributed by atoms with Gasteiger partial charge in [0.05, 0.1) is 16.7 Å². The minimum Gasteiger partial charge on any atom is -0.387 e. The summed E-state index contributed by atoms with van der Waals surface area (Å²) in [6.07, 6.45) is 4.33. The van der Waals surface area contributed by atoms with Crippen molar-refractivity contribution >= 4 is 11.3 Å². The van der Waals surface area contributed by atoms with Crippen LogP contribution < -0.4 is 5.32 Å². The van der Waals surface area contributed by atoms with E-state index in [1.54, 1.807) is 11.3 Å². The van der Waals surface area contributed by atoms with Crippen molar-refractivity contribution in [2.24, 2.45) is 0 Å². The number of rotatable bonds is 6. The third kappa shape index (κ3) is 3.34. The largest absolute Gasteiger partial charge is 0.387 e. The van der Waals surface area contributed by atoms with Gasteiger partial charge in [0.1, 0.15) is 11.6 Å². The van der Waals surface area contributed by atoms with Crippen LogP contribution in [-0.4, -0.2) is 16.6 Å². The van der Waals surface area contributed by atoms with Gasteiger partial charge in [0.15, 0.2) is 0 Å². The maximum Gasteiger partial charge on any atom is 0.131 e. The number of hydrogen-bond acceptors (Lipinski definition) is 4. The third-order valence-electron chi connectivity index (χ3n) is 4.00. The van der Waals surface area contributed by atoms with Crippen LogP contribution in [0.15, 0.2) is 24.4 Å². The standard InChI is InChI=1S/C16H18F2N2OS/c17-12-5-2-6-13(18)15(12)14(21)9-19-7-11-8-20-16(22-11)10-3-1-4-10/h2,5-6,8,10,14,19,21H,1,3-4,7,9H2. The highest BCUT2D eigenvalue weighted by Crippen LogP contribution is 2.38. The van der Waals surface area contributed by atoms with Crippen LogP contribution in [0.25, 0.3) is 0 Å². The molecule has 0 radical (unpaired) electrons. The van der Waals surface area contributed by atoms with Crippen molar-refractivity contribution < 1.29 is 13.9 Å². The Morgan fingerprint density at radius 3 is 2.68 bits per heavy atom. The predicted octanol–water partition coefficient (Wildman–Crippen LogP) is 3.51. The molecule has 0 aliphatic heterocycles. The Hall–Kier alpha value is -1.37. The first-order valence-electron chi connectivity index (χ1n) is 7.42. The van der Waals surface area contributed by atoms with Crippen LogP contribution in [0.5, 0.6) is 0 Å². The summed E-state index contributed by atoms with van der Waals surface area (Å²) >= 11 is 1.67. The Balaban J connectivity index is 1.53. The van der Waals surface area contributed by atoms with Crippen LogP contribution in [0.2, 0.25) is 0 Å². The average molecular weight is 324 g/mol. The van der Waals surface area contributed by atoms with E-state index in [-0.39, 0.29) is 12.1 Å². The summed E-state index contributed by atoms with van der Waals surface area (Å²) in [5, 5.41) is 14.1. The predicted molar refractivity (Wildman–Crippen MR) is 81.7 cm³/mol. The van der Waals surface area contributed by atoms with Crippen LogP contribution in [0.4, 0.5) is 8.78 Å². The summed E-state index contributed by atoms with van der Waals surface area (Å²) in [4.78, 5) is 5.49. The SMILES string of the molecule is OC(CNCc1cnc(C2CCC2)s1)c1c(F)cccc1F. The van der Waals surface area contributed by atoms with Crippen LogP contribution in [0.3, 0.4) is 0 Å². The van der Waals surface area contributed by atoms with Gasteiger partial charge in [-0.15, -0.1) is 11.3 Å². The topological polar surface area (TPSA) is 45.1 Å². The molecule has 1 heterocycles. The summed E-state index contributed by atoms with van der Waals surface area (Å²) in [6, 6.07) is 3.58. The van der Waals surface area contributed by atoms with Crippen molar-refractivity contribution in [3.05, 3.63) is 51.5 Å². The van der Waals surface area contributed by atoms with E-state index in [9.17, 15) is 13.9 Å². The van der Waals surface area contributed by atoms with Gasteiger partial charge in [-0.25, -0.2) is 13.8 Å². The van der Waals surface area contributed by atoms with Crippen LogP contribution in [0, 0.1) is 11.6 Å². The van der Waals surface area contributed by atoms with E-state index in [4.69, 9.17) is 0 Å². The molecule has 0 amide bonds. The zero-order chi connectivity index (χ0) is 15.5. The van der Waals surface area contributed by atoms with Gasteiger partial charge in [-0.2, -0.15) is 0 Å². The molecule has 1 aromatic carbocycles. The normalized spacial score (nSPS) is 16.5. The second-order valence-corrected chi connectivity index (χ2v) is 6.72.